The lowest BCUT2D eigenvalue weighted by molar-refractivity contribution is 0.549. The summed E-state index contributed by atoms with van der Waals surface area (Å²) >= 11 is 0. The van der Waals surface area contributed by atoms with Crippen molar-refractivity contribution < 1.29 is 4.42 Å². The van der Waals surface area contributed by atoms with E-state index in [9.17, 15) is 0 Å². The Labute approximate surface area is 260 Å². The SMILES string of the molecule is CC1(C)c2ccccc2-c2ccc(C3=Nc4oc5ccccc5c4C(n4c5ccccc5c5cc6ccccc6cc54)N3)cc21. The summed E-state index contributed by atoms with van der Waals surface area (Å²) in [5.41, 5.74) is 10.5. The van der Waals surface area contributed by atoms with Crippen LogP contribution in [0.2, 0.25) is 0 Å². The number of amidine groups is 1. The van der Waals surface area contributed by atoms with Crippen LogP contribution in [0.1, 0.15) is 42.3 Å². The van der Waals surface area contributed by atoms with Gasteiger partial charge in [0, 0.05) is 27.1 Å². The summed E-state index contributed by atoms with van der Waals surface area (Å²) in [4.78, 5) is 5.17. The maximum Gasteiger partial charge on any atom is 0.229 e. The molecule has 8 aromatic rings. The van der Waals surface area contributed by atoms with Crippen molar-refractivity contribution in [2.45, 2.75) is 25.4 Å². The molecule has 10 rings (SSSR count). The van der Waals surface area contributed by atoms with Gasteiger partial charge in [0.05, 0.1) is 16.6 Å². The summed E-state index contributed by atoms with van der Waals surface area (Å²) in [5, 5.41) is 9.93. The van der Waals surface area contributed by atoms with E-state index in [1.54, 1.807) is 0 Å². The molecule has 1 aliphatic heterocycles. The molecule has 1 atom stereocenters. The van der Waals surface area contributed by atoms with Crippen molar-refractivity contribution in [2.75, 3.05) is 0 Å². The third kappa shape index (κ3) is 3.34. The zero-order valence-corrected chi connectivity index (χ0v) is 25.0. The lowest BCUT2D eigenvalue weighted by Gasteiger charge is -2.28. The standard InChI is InChI=1S/C41H29N3O/c1-41(2)32-16-8-5-13-27(32)28-20-19-26(22-33(28)41)38-42-39(37-30-15-7-10-18-36(30)45-40(37)43-38)44-34-17-9-6-14-29(34)31-21-24-11-3-4-12-25(24)23-35(31)44/h3-23,39H,1-2H3,(H,42,43). The summed E-state index contributed by atoms with van der Waals surface area (Å²) in [6.45, 7) is 4.64. The zero-order valence-electron chi connectivity index (χ0n) is 25.0. The van der Waals surface area contributed by atoms with Crippen LogP contribution < -0.4 is 5.32 Å². The van der Waals surface area contributed by atoms with Gasteiger partial charge < -0.3 is 14.3 Å². The van der Waals surface area contributed by atoms with Crippen molar-refractivity contribution in [3.63, 3.8) is 0 Å². The van der Waals surface area contributed by atoms with Gasteiger partial charge >= 0.3 is 0 Å². The largest absolute Gasteiger partial charge is 0.438 e. The molecule has 0 saturated carbocycles. The zero-order chi connectivity index (χ0) is 29.9. The molecule has 0 spiro atoms. The second-order valence-corrected chi connectivity index (χ2v) is 12.9. The highest BCUT2D eigenvalue weighted by Crippen LogP contribution is 2.49. The Hall–Kier alpha value is -5.61. The van der Waals surface area contributed by atoms with Crippen LogP contribution in [-0.4, -0.2) is 10.4 Å². The molecule has 0 fully saturated rings. The van der Waals surface area contributed by atoms with Gasteiger partial charge in [0.15, 0.2) is 0 Å². The second-order valence-electron chi connectivity index (χ2n) is 12.9. The lowest BCUT2D eigenvalue weighted by atomic mass is 9.82. The van der Waals surface area contributed by atoms with Crippen molar-refractivity contribution in [2.24, 2.45) is 4.99 Å². The maximum atomic E-state index is 6.51. The molecule has 4 heteroatoms. The Morgan fingerprint density at radius 3 is 2.24 bits per heavy atom. The van der Waals surface area contributed by atoms with Crippen LogP contribution in [0.25, 0.3) is 54.7 Å². The monoisotopic (exact) mass is 579 g/mol. The van der Waals surface area contributed by atoms with Crippen LogP contribution >= 0.6 is 0 Å². The van der Waals surface area contributed by atoms with Crippen molar-refractivity contribution in [1.29, 1.82) is 0 Å². The quantitative estimate of drug-likeness (QED) is 0.221. The Bertz CT molecular complexity index is 2560. The van der Waals surface area contributed by atoms with Gasteiger partial charge in [-0.2, -0.15) is 4.99 Å². The fourth-order valence-corrected chi connectivity index (χ4v) is 7.89. The van der Waals surface area contributed by atoms with E-state index in [1.807, 2.05) is 12.1 Å². The number of nitrogens with zero attached hydrogens (tertiary/aromatic N) is 2. The molecule has 2 aromatic heterocycles. The highest BCUT2D eigenvalue weighted by atomic mass is 16.3. The van der Waals surface area contributed by atoms with Crippen molar-refractivity contribution >= 4 is 55.3 Å². The van der Waals surface area contributed by atoms with Gasteiger partial charge in [0.2, 0.25) is 5.88 Å². The van der Waals surface area contributed by atoms with Gasteiger partial charge in [0.25, 0.3) is 0 Å². The molecule has 1 unspecified atom stereocenters. The van der Waals surface area contributed by atoms with E-state index in [4.69, 9.17) is 9.41 Å². The van der Waals surface area contributed by atoms with E-state index in [2.05, 4.69) is 139 Å². The molecule has 3 heterocycles. The fourth-order valence-electron chi connectivity index (χ4n) is 7.89. The van der Waals surface area contributed by atoms with Crippen LogP contribution in [0.3, 0.4) is 0 Å². The van der Waals surface area contributed by atoms with Crippen LogP contribution in [-0.2, 0) is 5.41 Å². The fraction of sp³-hybridized carbons (Fsp3) is 0.0976. The van der Waals surface area contributed by atoms with Crippen LogP contribution in [0.15, 0.2) is 137 Å². The van der Waals surface area contributed by atoms with E-state index < -0.39 is 0 Å². The van der Waals surface area contributed by atoms with Gasteiger partial charge in [-0.15, -0.1) is 0 Å². The van der Waals surface area contributed by atoms with E-state index in [-0.39, 0.29) is 11.6 Å². The molecule has 6 aromatic carbocycles. The molecular weight excluding hydrogens is 550 g/mol. The van der Waals surface area contributed by atoms with Crippen LogP contribution in [0.4, 0.5) is 5.88 Å². The average Bonchev–Trinajstić information content (AvgIpc) is 3.69. The van der Waals surface area contributed by atoms with E-state index >= 15 is 0 Å². The molecule has 45 heavy (non-hydrogen) atoms. The first-order valence-electron chi connectivity index (χ1n) is 15.6. The summed E-state index contributed by atoms with van der Waals surface area (Å²) in [7, 11) is 0. The van der Waals surface area contributed by atoms with E-state index in [0.717, 1.165) is 27.9 Å². The molecule has 0 amide bonds. The maximum absolute atomic E-state index is 6.51. The van der Waals surface area contributed by atoms with Gasteiger partial charge in [0.1, 0.15) is 17.6 Å². The smallest absolute Gasteiger partial charge is 0.229 e. The molecule has 0 saturated heterocycles. The first-order valence-corrected chi connectivity index (χ1v) is 15.6. The number of nitrogens with one attached hydrogen (secondary N) is 1. The Kier molecular flexibility index (Phi) is 4.81. The van der Waals surface area contributed by atoms with Crippen molar-refractivity contribution in [3.05, 3.63) is 150 Å². The first-order chi connectivity index (χ1) is 22.1. The molecule has 1 N–H and O–H groups in total. The number of rotatable bonds is 2. The lowest BCUT2D eigenvalue weighted by Crippen LogP contribution is -2.36. The topological polar surface area (TPSA) is 42.5 Å². The number of aliphatic imine (C=N–C) groups is 1. The van der Waals surface area contributed by atoms with Crippen molar-refractivity contribution in [1.82, 2.24) is 9.88 Å². The highest BCUT2D eigenvalue weighted by Gasteiger charge is 2.37. The molecule has 2 aliphatic rings. The Morgan fingerprint density at radius 1 is 0.644 bits per heavy atom. The third-order valence-corrected chi connectivity index (χ3v) is 10.1. The van der Waals surface area contributed by atoms with Gasteiger partial charge in [-0.05, 0) is 63.4 Å². The second kappa shape index (κ2) is 8.73. The average molecular weight is 580 g/mol. The Balaban J connectivity index is 1.23. The minimum Gasteiger partial charge on any atom is -0.438 e. The number of benzene rings is 6. The first kappa shape index (κ1) is 24.8. The highest BCUT2D eigenvalue weighted by molar-refractivity contribution is 6.13. The molecule has 214 valence electrons. The minimum atomic E-state index is -0.238. The number of aromatic nitrogens is 1. The number of hydrogen-bond acceptors (Lipinski definition) is 3. The van der Waals surface area contributed by atoms with Gasteiger partial charge in [-0.25, -0.2) is 0 Å². The number of fused-ring (bicyclic) bond motifs is 10. The molecule has 1 aliphatic carbocycles. The number of para-hydroxylation sites is 2. The summed E-state index contributed by atoms with van der Waals surface area (Å²) < 4.78 is 8.95. The van der Waals surface area contributed by atoms with Gasteiger partial charge in [-0.1, -0.05) is 111 Å². The summed E-state index contributed by atoms with van der Waals surface area (Å²) in [5.74, 6) is 1.47. The normalized spacial score (nSPS) is 16.5. The predicted octanol–water partition coefficient (Wildman–Crippen LogP) is 10.2. The number of hydrogen-bond donors (Lipinski definition) is 1. The predicted molar refractivity (Wildman–Crippen MR) is 185 cm³/mol. The number of furan rings is 1. The van der Waals surface area contributed by atoms with Crippen molar-refractivity contribution in [3.8, 4) is 11.1 Å². The summed E-state index contributed by atoms with van der Waals surface area (Å²) in [6.07, 6.45) is -0.238. The Morgan fingerprint density at radius 2 is 1.36 bits per heavy atom. The third-order valence-electron chi connectivity index (χ3n) is 10.1. The summed E-state index contributed by atoms with van der Waals surface area (Å²) in [6, 6.07) is 45.8. The van der Waals surface area contributed by atoms with Crippen LogP contribution in [0, 0.1) is 0 Å². The molecule has 4 nitrogen and oxygen atoms in total. The van der Waals surface area contributed by atoms with E-state index in [1.165, 1.54) is 54.8 Å². The molecular formula is C41H29N3O. The van der Waals surface area contributed by atoms with Crippen LogP contribution in [0.5, 0.6) is 0 Å². The molecule has 0 radical (unpaired) electrons. The minimum absolute atomic E-state index is 0.102. The molecule has 0 bridgehead atoms. The van der Waals surface area contributed by atoms with Gasteiger partial charge in [-0.3, -0.25) is 0 Å². The van der Waals surface area contributed by atoms with E-state index in [0.29, 0.717) is 5.88 Å².